The van der Waals surface area contributed by atoms with Crippen LogP contribution in [0.3, 0.4) is 0 Å². The van der Waals surface area contributed by atoms with Gasteiger partial charge in [0.15, 0.2) is 11.5 Å². The van der Waals surface area contributed by atoms with Gasteiger partial charge in [0.05, 0.1) is 13.2 Å². The van der Waals surface area contributed by atoms with Gasteiger partial charge >= 0.3 is 5.97 Å². The maximum atomic E-state index is 12.8. The van der Waals surface area contributed by atoms with Crippen LogP contribution in [0.2, 0.25) is 0 Å². The van der Waals surface area contributed by atoms with Crippen LogP contribution in [0, 0.1) is 20.8 Å². The third kappa shape index (κ3) is 8.63. The highest BCUT2D eigenvalue weighted by Gasteiger charge is 2.21. The molecule has 0 aliphatic heterocycles. The minimum atomic E-state index is -0.520. The molecule has 0 amide bonds. The lowest BCUT2D eigenvalue weighted by Gasteiger charge is -2.25. The standard InChI is InChI=1S/C36H40O6S/c1-23-18-26(19-24(2)34(23)36(4,5)6)27-20-25(3)35(32(21-27)42-33(38)22-40-17-16-39-7)41-29-10-14-31(15-11-29)43-30-12-8-28(37)9-13-30/h8-15,18-21,37H,16-17,22H2,1-7H3. The van der Waals surface area contributed by atoms with Crippen molar-refractivity contribution < 1.29 is 28.8 Å². The van der Waals surface area contributed by atoms with Crippen LogP contribution in [0.25, 0.3) is 11.1 Å². The highest BCUT2D eigenvalue weighted by Crippen LogP contribution is 2.41. The maximum Gasteiger partial charge on any atom is 0.337 e. The number of aromatic hydroxyl groups is 1. The molecule has 4 rings (SSSR count). The van der Waals surface area contributed by atoms with Crippen molar-refractivity contribution in [3.8, 4) is 34.1 Å². The zero-order valence-corrected chi connectivity index (χ0v) is 26.8. The highest BCUT2D eigenvalue weighted by molar-refractivity contribution is 7.99. The smallest absolute Gasteiger partial charge is 0.337 e. The Bertz CT molecular complexity index is 1530. The lowest BCUT2D eigenvalue weighted by molar-refractivity contribution is -0.140. The van der Waals surface area contributed by atoms with E-state index < -0.39 is 5.97 Å². The second kappa shape index (κ2) is 14.1. The topological polar surface area (TPSA) is 74.2 Å². The van der Waals surface area contributed by atoms with Crippen molar-refractivity contribution in [1.29, 1.82) is 0 Å². The summed E-state index contributed by atoms with van der Waals surface area (Å²) in [6.07, 6.45) is 0. The number of esters is 1. The number of aryl methyl sites for hydroxylation is 3. The van der Waals surface area contributed by atoms with Gasteiger partial charge in [0, 0.05) is 16.9 Å². The Balaban J connectivity index is 1.64. The van der Waals surface area contributed by atoms with Crippen LogP contribution in [-0.4, -0.2) is 38.0 Å². The number of methoxy groups -OCH3 is 1. The van der Waals surface area contributed by atoms with Gasteiger partial charge in [-0.3, -0.25) is 0 Å². The van der Waals surface area contributed by atoms with Gasteiger partial charge in [-0.1, -0.05) is 44.7 Å². The second-order valence-electron chi connectivity index (χ2n) is 11.5. The Kier molecular flexibility index (Phi) is 10.6. The van der Waals surface area contributed by atoms with E-state index in [4.69, 9.17) is 18.9 Å². The van der Waals surface area contributed by atoms with Gasteiger partial charge in [-0.05, 0) is 120 Å². The Morgan fingerprint density at radius 3 is 1.93 bits per heavy atom. The molecule has 0 heterocycles. The Labute approximate surface area is 259 Å². The van der Waals surface area contributed by atoms with Gasteiger partial charge in [-0.15, -0.1) is 0 Å². The van der Waals surface area contributed by atoms with Crippen LogP contribution in [-0.2, 0) is 19.7 Å². The molecule has 0 spiro atoms. The van der Waals surface area contributed by atoms with Crippen molar-refractivity contribution in [2.45, 2.75) is 56.7 Å². The number of benzene rings is 4. The lowest BCUT2D eigenvalue weighted by atomic mass is 9.80. The zero-order valence-electron chi connectivity index (χ0n) is 25.9. The first-order chi connectivity index (χ1) is 20.4. The monoisotopic (exact) mass is 600 g/mol. The average molecular weight is 601 g/mol. The zero-order chi connectivity index (χ0) is 31.1. The number of carbonyl (C=O) groups excluding carboxylic acids is 1. The summed E-state index contributed by atoms with van der Waals surface area (Å²) in [6, 6.07) is 23.1. The first-order valence-corrected chi connectivity index (χ1v) is 15.0. The van der Waals surface area contributed by atoms with Crippen molar-refractivity contribution in [3.63, 3.8) is 0 Å². The molecular formula is C36H40O6S. The average Bonchev–Trinajstić information content (AvgIpc) is 2.94. The van der Waals surface area contributed by atoms with Gasteiger partial charge in [0.2, 0.25) is 0 Å². The van der Waals surface area contributed by atoms with Crippen LogP contribution in [0.5, 0.6) is 23.0 Å². The van der Waals surface area contributed by atoms with E-state index in [0.717, 1.165) is 26.5 Å². The predicted molar refractivity (Wildman–Crippen MR) is 172 cm³/mol. The molecule has 0 aliphatic rings. The molecule has 0 aliphatic carbocycles. The molecule has 7 heteroatoms. The first kappa shape index (κ1) is 32.1. The number of hydrogen-bond acceptors (Lipinski definition) is 7. The van der Waals surface area contributed by atoms with Crippen molar-refractivity contribution in [3.05, 3.63) is 95.1 Å². The van der Waals surface area contributed by atoms with E-state index in [1.165, 1.54) is 16.7 Å². The molecule has 0 aromatic heterocycles. The summed E-state index contributed by atoms with van der Waals surface area (Å²) >= 11 is 1.58. The number of hydrogen-bond donors (Lipinski definition) is 1. The Morgan fingerprint density at radius 2 is 1.35 bits per heavy atom. The van der Waals surface area contributed by atoms with Crippen molar-refractivity contribution >= 4 is 17.7 Å². The van der Waals surface area contributed by atoms with E-state index in [1.807, 2.05) is 49.4 Å². The summed E-state index contributed by atoms with van der Waals surface area (Å²) in [5, 5.41) is 9.54. The summed E-state index contributed by atoms with van der Waals surface area (Å²) in [4.78, 5) is 14.8. The molecule has 0 bridgehead atoms. The molecule has 0 radical (unpaired) electrons. The molecule has 0 atom stereocenters. The molecule has 4 aromatic carbocycles. The Hall–Kier alpha value is -3.78. The third-order valence-corrected chi connectivity index (χ3v) is 7.86. The van der Waals surface area contributed by atoms with Gasteiger partial charge in [-0.2, -0.15) is 0 Å². The number of ether oxygens (including phenoxy) is 4. The molecular weight excluding hydrogens is 560 g/mol. The van der Waals surface area contributed by atoms with Gasteiger partial charge < -0.3 is 24.1 Å². The summed E-state index contributed by atoms with van der Waals surface area (Å²) in [5.41, 5.74) is 6.61. The fourth-order valence-corrected chi connectivity index (χ4v) is 6.04. The summed E-state index contributed by atoms with van der Waals surface area (Å²) in [7, 11) is 1.58. The SMILES string of the molecule is COCCOCC(=O)Oc1cc(-c2cc(C)c(C(C)(C)C)c(C)c2)cc(C)c1Oc1ccc(Sc2ccc(O)cc2)cc1. The summed E-state index contributed by atoms with van der Waals surface area (Å²) < 4.78 is 22.6. The van der Waals surface area contributed by atoms with Gasteiger partial charge in [0.1, 0.15) is 18.1 Å². The summed E-state index contributed by atoms with van der Waals surface area (Å²) in [5.74, 6) is 1.12. The number of phenols is 1. The van der Waals surface area contributed by atoms with Crippen LogP contribution in [0.1, 0.15) is 43.0 Å². The maximum absolute atomic E-state index is 12.8. The lowest BCUT2D eigenvalue weighted by Crippen LogP contribution is -2.18. The quantitative estimate of drug-likeness (QED) is 0.105. The first-order valence-electron chi connectivity index (χ1n) is 14.2. The minimum Gasteiger partial charge on any atom is -0.508 e. The molecule has 0 saturated carbocycles. The highest BCUT2D eigenvalue weighted by atomic mass is 32.2. The summed E-state index contributed by atoms with van der Waals surface area (Å²) in [6.45, 7) is 13.4. The van der Waals surface area contributed by atoms with Crippen LogP contribution < -0.4 is 9.47 Å². The number of phenolic OH excluding ortho intramolecular Hbond substituents is 1. The van der Waals surface area contributed by atoms with Gasteiger partial charge in [0.25, 0.3) is 0 Å². The van der Waals surface area contributed by atoms with Crippen molar-refractivity contribution in [1.82, 2.24) is 0 Å². The molecule has 43 heavy (non-hydrogen) atoms. The molecule has 226 valence electrons. The van der Waals surface area contributed by atoms with E-state index in [9.17, 15) is 9.90 Å². The van der Waals surface area contributed by atoms with Crippen molar-refractivity contribution in [2.24, 2.45) is 0 Å². The molecule has 6 nitrogen and oxygen atoms in total. The van der Waals surface area contributed by atoms with E-state index >= 15 is 0 Å². The molecule has 4 aromatic rings. The van der Waals surface area contributed by atoms with E-state index in [2.05, 4.69) is 52.8 Å². The van der Waals surface area contributed by atoms with Gasteiger partial charge in [-0.25, -0.2) is 4.79 Å². The van der Waals surface area contributed by atoms with E-state index in [1.54, 1.807) is 31.0 Å². The van der Waals surface area contributed by atoms with Crippen LogP contribution in [0.4, 0.5) is 0 Å². The second-order valence-corrected chi connectivity index (χ2v) is 12.7. The normalized spacial score (nSPS) is 11.4. The third-order valence-electron chi connectivity index (χ3n) is 6.85. The molecule has 0 unspecified atom stereocenters. The largest absolute Gasteiger partial charge is 0.508 e. The van der Waals surface area contributed by atoms with E-state index in [-0.39, 0.29) is 17.8 Å². The number of carbonyl (C=O) groups is 1. The minimum absolute atomic E-state index is 0.0297. The van der Waals surface area contributed by atoms with Crippen molar-refractivity contribution in [2.75, 3.05) is 26.9 Å². The number of rotatable bonds is 11. The van der Waals surface area contributed by atoms with Crippen LogP contribution in [0.15, 0.2) is 82.6 Å². The Morgan fingerprint density at radius 1 is 0.791 bits per heavy atom. The molecule has 1 N–H and O–H groups in total. The van der Waals surface area contributed by atoms with E-state index in [0.29, 0.717) is 30.5 Å². The molecule has 0 fully saturated rings. The molecule has 0 saturated heterocycles. The fourth-order valence-electron chi connectivity index (χ4n) is 5.22. The fraction of sp³-hybridized carbons (Fsp3) is 0.306. The van der Waals surface area contributed by atoms with Crippen LogP contribution >= 0.6 is 11.8 Å². The predicted octanol–water partition coefficient (Wildman–Crippen LogP) is 8.79.